The van der Waals surface area contributed by atoms with E-state index in [1.807, 2.05) is 6.07 Å². The highest BCUT2D eigenvalue weighted by Gasteiger charge is 2.20. The molecule has 2 N–H and O–H groups in total. The van der Waals surface area contributed by atoms with Crippen molar-refractivity contribution in [3.8, 4) is 0 Å². The summed E-state index contributed by atoms with van der Waals surface area (Å²) < 4.78 is 0. The molecule has 1 unspecified atom stereocenters. The molecule has 1 aliphatic rings. The Kier molecular flexibility index (Phi) is 4.10. The first-order chi connectivity index (χ1) is 8.22. The minimum Gasteiger partial charge on any atom is -0.384 e. The van der Waals surface area contributed by atoms with Gasteiger partial charge in [-0.05, 0) is 6.42 Å². The van der Waals surface area contributed by atoms with Crippen molar-refractivity contribution in [2.75, 3.05) is 29.5 Å². The van der Waals surface area contributed by atoms with Gasteiger partial charge in [0.2, 0.25) is 0 Å². The molecule has 0 saturated carbocycles. The highest BCUT2D eigenvalue weighted by atomic mass is 32.2. The van der Waals surface area contributed by atoms with Gasteiger partial charge in [0.05, 0.1) is 0 Å². The van der Waals surface area contributed by atoms with E-state index in [1.165, 1.54) is 12.2 Å². The highest BCUT2D eigenvalue weighted by molar-refractivity contribution is 8.00. The number of nitrogens with two attached hydrogens (primary N) is 1. The van der Waals surface area contributed by atoms with Gasteiger partial charge in [0.15, 0.2) is 0 Å². The first-order valence-corrected chi connectivity index (χ1v) is 7.27. The summed E-state index contributed by atoms with van der Waals surface area (Å²) in [5.74, 6) is 3.58. The van der Waals surface area contributed by atoms with Crippen LogP contribution in [0.3, 0.4) is 0 Å². The summed E-state index contributed by atoms with van der Waals surface area (Å²) in [5, 5.41) is 0.713. The summed E-state index contributed by atoms with van der Waals surface area (Å²) in [5.41, 5.74) is 5.83. The molecule has 2 rings (SSSR count). The van der Waals surface area contributed by atoms with Gasteiger partial charge in [0, 0.05) is 36.6 Å². The Morgan fingerprint density at radius 1 is 1.47 bits per heavy atom. The van der Waals surface area contributed by atoms with Gasteiger partial charge in [-0.3, -0.25) is 0 Å². The summed E-state index contributed by atoms with van der Waals surface area (Å²) in [7, 11) is 0. The van der Waals surface area contributed by atoms with Gasteiger partial charge in [-0.1, -0.05) is 13.8 Å². The zero-order valence-corrected chi connectivity index (χ0v) is 11.3. The molecule has 94 valence electrons. The minimum atomic E-state index is 0.582. The fourth-order valence-electron chi connectivity index (χ4n) is 2.00. The van der Waals surface area contributed by atoms with E-state index in [9.17, 15) is 0 Å². The largest absolute Gasteiger partial charge is 0.384 e. The quantitative estimate of drug-likeness (QED) is 0.891. The molecule has 0 spiro atoms. The van der Waals surface area contributed by atoms with E-state index in [0.29, 0.717) is 11.1 Å². The van der Waals surface area contributed by atoms with E-state index in [1.54, 1.807) is 0 Å². The van der Waals surface area contributed by atoms with Crippen LogP contribution >= 0.6 is 11.8 Å². The van der Waals surface area contributed by atoms with Crippen LogP contribution in [0.1, 0.15) is 26.1 Å². The lowest BCUT2D eigenvalue weighted by Gasteiger charge is -2.32. The second-order valence-corrected chi connectivity index (χ2v) is 5.68. The molecule has 4 nitrogen and oxygen atoms in total. The van der Waals surface area contributed by atoms with Crippen LogP contribution in [0.5, 0.6) is 0 Å². The van der Waals surface area contributed by atoms with Gasteiger partial charge in [0.1, 0.15) is 17.5 Å². The summed E-state index contributed by atoms with van der Waals surface area (Å²) in [6, 6.07) is 1.89. The second-order valence-electron chi connectivity index (χ2n) is 4.27. The number of nitrogens with zero attached hydrogens (tertiary/aromatic N) is 3. The maximum Gasteiger partial charge on any atom is 0.134 e. The molecule has 1 fully saturated rings. The van der Waals surface area contributed by atoms with Gasteiger partial charge in [0.25, 0.3) is 0 Å². The lowest BCUT2D eigenvalue weighted by Crippen LogP contribution is -2.38. The lowest BCUT2D eigenvalue weighted by molar-refractivity contribution is 0.715. The molecule has 17 heavy (non-hydrogen) atoms. The molecule has 5 heteroatoms. The Hall–Kier alpha value is -0.970. The van der Waals surface area contributed by atoms with Gasteiger partial charge in [-0.25, -0.2) is 9.97 Å². The Labute approximate surface area is 107 Å². The standard InChI is InChI=1S/C12H20N4S/c1-3-9-8-16(5-6-17-9)12-7-10(13)14-11(4-2)15-12/h7,9H,3-6,8H2,1-2H3,(H2,13,14,15). The molecule has 0 aliphatic carbocycles. The van der Waals surface area contributed by atoms with E-state index < -0.39 is 0 Å². The van der Waals surface area contributed by atoms with Gasteiger partial charge in [-0.2, -0.15) is 11.8 Å². The molecule has 0 radical (unpaired) electrons. The van der Waals surface area contributed by atoms with Crippen LogP contribution in [-0.4, -0.2) is 34.1 Å². The van der Waals surface area contributed by atoms with Crippen LogP contribution in [0.15, 0.2) is 6.07 Å². The Morgan fingerprint density at radius 2 is 2.29 bits per heavy atom. The van der Waals surface area contributed by atoms with Crippen LogP contribution < -0.4 is 10.6 Å². The maximum absolute atomic E-state index is 5.83. The smallest absolute Gasteiger partial charge is 0.134 e. The van der Waals surface area contributed by atoms with Crippen molar-refractivity contribution in [3.05, 3.63) is 11.9 Å². The third kappa shape index (κ3) is 3.03. The van der Waals surface area contributed by atoms with Crippen molar-refractivity contribution in [2.24, 2.45) is 0 Å². The van der Waals surface area contributed by atoms with Crippen LogP contribution in [0, 0.1) is 0 Å². The highest BCUT2D eigenvalue weighted by Crippen LogP contribution is 2.25. The predicted molar refractivity (Wildman–Crippen MR) is 74.6 cm³/mol. The number of hydrogen-bond donors (Lipinski definition) is 1. The van der Waals surface area contributed by atoms with Gasteiger partial charge in [-0.15, -0.1) is 0 Å². The number of rotatable bonds is 3. The number of nitrogen functional groups attached to an aromatic ring is 1. The van der Waals surface area contributed by atoms with Crippen molar-refractivity contribution >= 4 is 23.4 Å². The average Bonchev–Trinajstić information content (AvgIpc) is 2.38. The maximum atomic E-state index is 5.83. The number of anilines is 2. The predicted octanol–water partition coefficient (Wildman–Crippen LogP) is 1.95. The normalized spacial score (nSPS) is 20.6. The summed E-state index contributed by atoms with van der Waals surface area (Å²) in [6.07, 6.45) is 2.04. The summed E-state index contributed by atoms with van der Waals surface area (Å²) in [6.45, 7) is 6.42. The van der Waals surface area contributed by atoms with E-state index in [2.05, 4.69) is 40.5 Å². The number of thioether (sulfide) groups is 1. The molecule has 0 aromatic carbocycles. The number of aryl methyl sites for hydroxylation is 1. The Balaban J connectivity index is 2.18. The third-order valence-corrected chi connectivity index (χ3v) is 4.39. The first kappa shape index (κ1) is 12.5. The molecule has 2 heterocycles. The zero-order chi connectivity index (χ0) is 12.3. The SMILES string of the molecule is CCc1nc(N)cc(N2CCSC(CC)C2)n1. The molecule has 1 atom stereocenters. The second kappa shape index (κ2) is 5.58. The van der Waals surface area contributed by atoms with Crippen LogP contribution in [0.2, 0.25) is 0 Å². The van der Waals surface area contributed by atoms with Crippen LogP contribution in [0.4, 0.5) is 11.6 Å². The van der Waals surface area contributed by atoms with Gasteiger partial charge >= 0.3 is 0 Å². The molecule has 1 aromatic rings. The average molecular weight is 252 g/mol. The van der Waals surface area contributed by atoms with Crippen molar-refractivity contribution in [3.63, 3.8) is 0 Å². The molecule has 1 aromatic heterocycles. The Bertz CT molecular complexity index is 383. The van der Waals surface area contributed by atoms with Crippen molar-refractivity contribution < 1.29 is 0 Å². The molecular weight excluding hydrogens is 232 g/mol. The Morgan fingerprint density at radius 3 is 3.00 bits per heavy atom. The molecule has 1 aliphatic heterocycles. The number of aromatic nitrogens is 2. The molecule has 0 amide bonds. The number of hydrogen-bond acceptors (Lipinski definition) is 5. The van der Waals surface area contributed by atoms with Gasteiger partial charge < -0.3 is 10.6 Å². The van der Waals surface area contributed by atoms with Crippen molar-refractivity contribution in [1.29, 1.82) is 0 Å². The van der Waals surface area contributed by atoms with Crippen LogP contribution in [0.25, 0.3) is 0 Å². The fourth-order valence-corrected chi connectivity index (χ4v) is 3.18. The van der Waals surface area contributed by atoms with Crippen LogP contribution in [-0.2, 0) is 6.42 Å². The van der Waals surface area contributed by atoms with E-state index in [-0.39, 0.29) is 0 Å². The summed E-state index contributed by atoms with van der Waals surface area (Å²) in [4.78, 5) is 11.1. The molecule has 1 saturated heterocycles. The van der Waals surface area contributed by atoms with E-state index in [4.69, 9.17) is 5.73 Å². The van der Waals surface area contributed by atoms with Crippen molar-refractivity contribution in [1.82, 2.24) is 9.97 Å². The molecule has 0 bridgehead atoms. The topological polar surface area (TPSA) is 55.0 Å². The zero-order valence-electron chi connectivity index (χ0n) is 10.5. The summed E-state index contributed by atoms with van der Waals surface area (Å²) >= 11 is 2.06. The molecular formula is C12H20N4S. The lowest BCUT2D eigenvalue weighted by atomic mass is 10.3. The van der Waals surface area contributed by atoms with Crippen molar-refractivity contribution in [2.45, 2.75) is 31.9 Å². The monoisotopic (exact) mass is 252 g/mol. The minimum absolute atomic E-state index is 0.582. The fraction of sp³-hybridized carbons (Fsp3) is 0.667. The first-order valence-electron chi connectivity index (χ1n) is 6.23. The third-order valence-electron chi connectivity index (χ3n) is 3.01. The van der Waals surface area contributed by atoms with E-state index >= 15 is 0 Å². The van der Waals surface area contributed by atoms with E-state index in [0.717, 1.165) is 31.2 Å².